The summed E-state index contributed by atoms with van der Waals surface area (Å²) in [6, 6.07) is 13.7. The predicted molar refractivity (Wildman–Crippen MR) is 131 cm³/mol. The molecule has 0 aliphatic heterocycles. The SMILES string of the molecule is CCOc1ccc(C(=O)NC(C(=O)Nc2nc(-c3ccc(OC)cc3)c(C)s2)C(C)C)cc1. The molecule has 1 heterocycles. The number of ether oxygens (including phenoxy) is 2. The summed E-state index contributed by atoms with van der Waals surface area (Å²) in [6.07, 6.45) is 0. The number of hydrogen-bond acceptors (Lipinski definition) is 6. The summed E-state index contributed by atoms with van der Waals surface area (Å²) in [5, 5.41) is 6.20. The number of hydrogen-bond donors (Lipinski definition) is 2. The first kappa shape index (κ1) is 24.3. The first-order valence-electron chi connectivity index (χ1n) is 10.8. The first-order valence-corrected chi connectivity index (χ1v) is 11.6. The number of methoxy groups -OCH3 is 1. The van der Waals surface area contributed by atoms with Crippen LogP contribution >= 0.6 is 11.3 Å². The van der Waals surface area contributed by atoms with Crippen LogP contribution in [0.5, 0.6) is 11.5 Å². The predicted octanol–water partition coefficient (Wildman–Crippen LogP) is 4.92. The first-order chi connectivity index (χ1) is 15.8. The molecule has 1 aromatic heterocycles. The van der Waals surface area contributed by atoms with E-state index in [0.29, 0.717) is 23.1 Å². The minimum Gasteiger partial charge on any atom is -0.497 e. The molecule has 2 amide bonds. The summed E-state index contributed by atoms with van der Waals surface area (Å²) in [4.78, 5) is 31.3. The summed E-state index contributed by atoms with van der Waals surface area (Å²) >= 11 is 1.40. The van der Waals surface area contributed by atoms with Crippen LogP contribution in [0.2, 0.25) is 0 Å². The normalized spacial score (nSPS) is 11.7. The molecule has 0 radical (unpaired) electrons. The van der Waals surface area contributed by atoms with Gasteiger partial charge >= 0.3 is 0 Å². The molecule has 2 N–H and O–H groups in total. The molecule has 3 aromatic rings. The quantitative estimate of drug-likeness (QED) is 0.466. The molecule has 7 nitrogen and oxygen atoms in total. The largest absolute Gasteiger partial charge is 0.497 e. The number of nitrogens with zero attached hydrogens (tertiary/aromatic N) is 1. The minimum atomic E-state index is -0.710. The Kier molecular flexibility index (Phi) is 8.06. The average molecular weight is 468 g/mol. The lowest BCUT2D eigenvalue weighted by molar-refractivity contribution is -0.118. The average Bonchev–Trinajstić information content (AvgIpc) is 3.17. The van der Waals surface area contributed by atoms with E-state index in [1.165, 1.54) is 11.3 Å². The molecule has 0 aliphatic carbocycles. The molecule has 1 unspecified atom stereocenters. The lowest BCUT2D eigenvalue weighted by Gasteiger charge is -2.21. The molecular formula is C25H29N3O4S. The van der Waals surface area contributed by atoms with Crippen LogP contribution in [0.25, 0.3) is 11.3 Å². The molecule has 0 saturated carbocycles. The van der Waals surface area contributed by atoms with E-state index >= 15 is 0 Å². The van der Waals surface area contributed by atoms with Crippen LogP contribution in [0.4, 0.5) is 5.13 Å². The molecule has 33 heavy (non-hydrogen) atoms. The summed E-state index contributed by atoms with van der Waals surface area (Å²) in [6.45, 7) is 8.19. The number of rotatable bonds is 9. The van der Waals surface area contributed by atoms with Gasteiger partial charge in [0, 0.05) is 16.0 Å². The lowest BCUT2D eigenvalue weighted by atomic mass is 10.0. The molecule has 8 heteroatoms. The van der Waals surface area contributed by atoms with Crippen molar-refractivity contribution in [1.29, 1.82) is 0 Å². The van der Waals surface area contributed by atoms with Crippen LogP contribution in [-0.4, -0.2) is 36.6 Å². The Morgan fingerprint density at radius 3 is 2.24 bits per heavy atom. The van der Waals surface area contributed by atoms with Crippen molar-refractivity contribution in [2.45, 2.75) is 33.7 Å². The number of benzene rings is 2. The van der Waals surface area contributed by atoms with E-state index in [2.05, 4.69) is 15.6 Å². The van der Waals surface area contributed by atoms with Crippen LogP contribution in [0.15, 0.2) is 48.5 Å². The highest BCUT2D eigenvalue weighted by Crippen LogP contribution is 2.31. The molecule has 3 rings (SSSR count). The molecule has 174 valence electrons. The fourth-order valence-corrected chi connectivity index (χ4v) is 4.12. The van der Waals surface area contributed by atoms with Crippen LogP contribution in [0.3, 0.4) is 0 Å². The zero-order valence-electron chi connectivity index (χ0n) is 19.5. The van der Waals surface area contributed by atoms with Gasteiger partial charge < -0.3 is 20.1 Å². The number of aromatic nitrogens is 1. The van der Waals surface area contributed by atoms with Gasteiger partial charge in [-0.15, -0.1) is 11.3 Å². The monoisotopic (exact) mass is 467 g/mol. The second-order valence-electron chi connectivity index (χ2n) is 7.79. The topological polar surface area (TPSA) is 89.5 Å². The van der Waals surface area contributed by atoms with Crippen molar-refractivity contribution in [3.63, 3.8) is 0 Å². The highest BCUT2D eigenvalue weighted by Gasteiger charge is 2.26. The fourth-order valence-electron chi connectivity index (χ4n) is 3.28. The molecular weight excluding hydrogens is 438 g/mol. The number of amides is 2. The molecule has 0 fully saturated rings. The minimum absolute atomic E-state index is 0.112. The number of anilines is 1. The van der Waals surface area contributed by atoms with Crippen molar-refractivity contribution in [3.8, 4) is 22.8 Å². The van der Waals surface area contributed by atoms with E-state index in [-0.39, 0.29) is 17.7 Å². The zero-order chi connectivity index (χ0) is 24.0. The van der Waals surface area contributed by atoms with E-state index in [0.717, 1.165) is 21.9 Å². The van der Waals surface area contributed by atoms with Gasteiger partial charge in [-0.05, 0) is 68.3 Å². The standard InChI is InChI=1S/C25H29N3O4S/c1-6-32-20-13-9-18(10-14-20)23(29)26-21(15(2)3)24(30)28-25-27-22(16(4)33-25)17-7-11-19(31-5)12-8-17/h7-15,21H,6H2,1-5H3,(H,26,29)(H,27,28,30). The third-order valence-corrected chi connectivity index (χ3v) is 5.94. The Balaban J connectivity index is 1.70. The van der Waals surface area contributed by atoms with E-state index < -0.39 is 6.04 Å². The Bertz CT molecular complexity index is 1090. The van der Waals surface area contributed by atoms with Crippen LogP contribution in [0, 0.1) is 12.8 Å². The maximum Gasteiger partial charge on any atom is 0.251 e. The van der Waals surface area contributed by atoms with Gasteiger partial charge in [0.2, 0.25) is 5.91 Å². The molecule has 2 aromatic carbocycles. The van der Waals surface area contributed by atoms with Gasteiger partial charge in [0.05, 0.1) is 19.4 Å². The van der Waals surface area contributed by atoms with Crippen molar-refractivity contribution < 1.29 is 19.1 Å². The van der Waals surface area contributed by atoms with Crippen molar-refractivity contribution in [1.82, 2.24) is 10.3 Å². The van der Waals surface area contributed by atoms with E-state index in [1.807, 2.05) is 52.0 Å². The zero-order valence-corrected chi connectivity index (χ0v) is 20.3. The van der Waals surface area contributed by atoms with Crippen molar-refractivity contribution in [3.05, 3.63) is 59.0 Å². The molecule has 0 saturated heterocycles. The van der Waals surface area contributed by atoms with Crippen LogP contribution in [-0.2, 0) is 4.79 Å². The van der Waals surface area contributed by atoms with Crippen LogP contribution in [0.1, 0.15) is 36.0 Å². The Morgan fingerprint density at radius 2 is 1.67 bits per heavy atom. The molecule has 1 atom stereocenters. The maximum atomic E-state index is 13.0. The summed E-state index contributed by atoms with van der Waals surface area (Å²) in [7, 11) is 1.62. The van der Waals surface area contributed by atoms with E-state index in [1.54, 1.807) is 31.4 Å². The van der Waals surface area contributed by atoms with Gasteiger partial charge in [-0.25, -0.2) is 4.98 Å². The Hall–Kier alpha value is -3.39. The van der Waals surface area contributed by atoms with E-state index in [4.69, 9.17) is 9.47 Å². The smallest absolute Gasteiger partial charge is 0.251 e. The molecule has 0 spiro atoms. The van der Waals surface area contributed by atoms with Gasteiger partial charge in [-0.2, -0.15) is 0 Å². The summed E-state index contributed by atoms with van der Waals surface area (Å²) in [5.41, 5.74) is 2.20. The third-order valence-electron chi connectivity index (χ3n) is 5.05. The summed E-state index contributed by atoms with van der Waals surface area (Å²) < 4.78 is 10.6. The second kappa shape index (κ2) is 11.0. The number of thiazole rings is 1. The number of nitrogens with one attached hydrogen (secondary N) is 2. The maximum absolute atomic E-state index is 13.0. The fraction of sp³-hybridized carbons (Fsp3) is 0.320. The number of carbonyl (C=O) groups is 2. The van der Waals surface area contributed by atoms with Gasteiger partial charge in [0.25, 0.3) is 5.91 Å². The van der Waals surface area contributed by atoms with Gasteiger partial charge in [-0.3, -0.25) is 9.59 Å². The Morgan fingerprint density at radius 1 is 1.03 bits per heavy atom. The van der Waals surface area contributed by atoms with Crippen molar-refractivity contribution in [2.75, 3.05) is 19.0 Å². The van der Waals surface area contributed by atoms with Crippen LogP contribution < -0.4 is 20.1 Å². The highest BCUT2D eigenvalue weighted by molar-refractivity contribution is 7.16. The Labute approximate surface area is 198 Å². The highest BCUT2D eigenvalue weighted by atomic mass is 32.1. The molecule has 0 aliphatic rings. The second-order valence-corrected chi connectivity index (χ2v) is 9.00. The number of aryl methyl sites for hydroxylation is 1. The molecule has 0 bridgehead atoms. The summed E-state index contributed by atoms with van der Waals surface area (Å²) in [5.74, 6) is 0.724. The van der Waals surface area contributed by atoms with Gasteiger partial charge in [0.15, 0.2) is 5.13 Å². The lowest BCUT2D eigenvalue weighted by Crippen LogP contribution is -2.47. The number of carbonyl (C=O) groups excluding carboxylic acids is 2. The van der Waals surface area contributed by atoms with Crippen molar-refractivity contribution in [2.24, 2.45) is 5.92 Å². The van der Waals surface area contributed by atoms with Gasteiger partial charge in [-0.1, -0.05) is 13.8 Å². The van der Waals surface area contributed by atoms with E-state index in [9.17, 15) is 9.59 Å². The third kappa shape index (κ3) is 6.10. The van der Waals surface area contributed by atoms with Crippen molar-refractivity contribution >= 4 is 28.3 Å². The van der Waals surface area contributed by atoms with Gasteiger partial charge in [0.1, 0.15) is 17.5 Å².